The Balaban J connectivity index is 2.25. The zero-order chi connectivity index (χ0) is 13.4. The summed E-state index contributed by atoms with van der Waals surface area (Å²) < 4.78 is 24.0. The molecule has 0 aliphatic carbocycles. The molecule has 3 N–H and O–H groups in total. The van der Waals surface area contributed by atoms with Crippen LogP contribution >= 0.6 is 22.6 Å². The summed E-state index contributed by atoms with van der Waals surface area (Å²) >= 11 is 1.92. The highest BCUT2D eigenvalue weighted by Gasteiger charge is 2.05. The van der Waals surface area contributed by atoms with Crippen molar-refractivity contribution < 1.29 is 13.9 Å². The zero-order valence-corrected chi connectivity index (χ0v) is 12.5. The highest BCUT2D eigenvalue weighted by molar-refractivity contribution is 14.1. The molecule has 0 heterocycles. The van der Waals surface area contributed by atoms with Gasteiger partial charge in [0, 0.05) is 26.3 Å². The van der Waals surface area contributed by atoms with Gasteiger partial charge in [0.15, 0.2) is 0 Å². The predicted octanol–water partition coefficient (Wildman–Crippen LogP) is 2.48. The fourth-order valence-electron chi connectivity index (χ4n) is 1.36. The van der Waals surface area contributed by atoms with Crippen molar-refractivity contribution in [3.8, 4) is 0 Å². The molecule has 6 heteroatoms. The monoisotopic (exact) mass is 368 g/mol. The smallest absolute Gasteiger partial charge is 0.138 e. The zero-order valence-electron chi connectivity index (χ0n) is 10.3. The Kier molecular flexibility index (Phi) is 7.29. The third kappa shape index (κ3) is 5.36. The molecule has 18 heavy (non-hydrogen) atoms. The molecule has 0 saturated heterocycles. The lowest BCUT2D eigenvalue weighted by molar-refractivity contribution is 0.0705. The van der Waals surface area contributed by atoms with E-state index in [0.29, 0.717) is 41.3 Å². The van der Waals surface area contributed by atoms with Crippen LogP contribution in [0, 0.1) is 9.39 Å². The summed E-state index contributed by atoms with van der Waals surface area (Å²) in [5.74, 6) is -0.261. The molecule has 1 aromatic carbocycles. The number of nitrogens with two attached hydrogens (primary N) is 1. The number of hydrogen-bond donors (Lipinski definition) is 2. The van der Waals surface area contributed by atoms with E-state index in [2.05, 4.69) is 5.32 Å². The molecule has 0 bridgehead atoms. The molecule has 0 saturated carbocycles. The minimum Gasteiger partial charge on any atom is -0.397 e. The van der Waals surface area contributed by atoms with Crippen LogP contribution in [0.1, 0.15) is 6.42 Å². The molecule has 0 unspecified atom stereocenters. The molecule has 102 valence electrons. The van der Waals surface area contributed by atoms with E-state index >= 15 is 0 Å². The Labute approximate surface area is 120 Å². The summed E-state index contributed by atoms with van der Waals surface area (Å²) in [7, 11) is 1.64. The van der Waals surface area contributed by atoms with Crippen molar-refractivity contribution in [2.75, 3.05) is 44.5 Å². The largest absolute Gasteiger partial charge is 0.397 e. The van der Waals surface area contributed by atoms with E-state index in [9.17, 15) is 4.39 Å². The molecule has 0 aliphatic heterocycles. The van der Waals surface area contributed by atoms with Crippen molar-refractivity contribution in [1.29, 1.82) is 0 Å². The summed E-state index contributed by atoms with van der Waals surface area (Å²) in [5.41, 5.74) is 6.98. The Morgan fingerprint density at radius 1 is 1.33 bits per heavy atom. The highest BCUT2D eigenvalue weighted by atomic mass is 127. The fourth-order valence-corrected chi connectivity index (χ4v) is 1.85. The van der Waals surface area contributed by atoms with E-state index in [0.717, 1.165) is 6.42 Å². The van der Waals surface area contributed by atoms with Gasteiger partial charge in [-0.15, -0.1) is 0 Å². The van der Waals surface area contributed by atoms with Gasteiger partial charge >= 0.3 is 0 Å². The molecule has 0 radical (unpaired) electrons. The van der Waals surface area contributed by atoms with Gasteiger partial charge in [-0.3, -0.25) is 0 Å². The number of halogens is 2. The van der Waals surface area contributed by atoms with E-state index in [1.165, 1.54) is 6.07 Å². The van der Waals surface area contributed by atoms with Gasteiger partial charge in [0.1, 0.15) is 5.82 Å². The molecule has 0 fully saturated rings. The van der Waals surface area contributed by atoms with Crippen molar-refractivity contribution in [3.63, 3.8) is 0 Å². The lowest BCUT2D eigenvalue weighted by Crippen LogP contribution is -2.09. The van der Waals surface area contributed by atoms with Gasteiger partial charge in [-0.2, -0.15) is 0 Å². The molecule has 0 amide bonds. The molecule has 1 aromatic rings. The van der Waals surface area contributed by atoms with Gasteiger partial charge < -0.3 is 20.5 Å². The molecule has 1 rings (SSSR count). The second-order valence-electron chi connectivity index (χ2n) is 3.74. The van der Waals surface area contributed by atoms with E-state index in [4.69, 9.17) is 15.2 Å². The average molecular weight is 368 g/mol. The molecular formula is C12H18FIN2O2. The van der Waals surface area contributed by atoms with Crippen molar-refractivity contribution in [1.82, 2.24) is 0 Å². The average Bonchev–Trinajstić information content (AvgIpc) is 2.34. The first-order valence-corrected chi connectivity index (χ1v) is 6.78. The maximum absolute atomic E-state index is 13.3. The van der Waals surface area contributed by atoms with Crippen LogP contribution in [0.5, 0.6) is 0 Å². The third-order valence-electron chi connectivity index (χ3n) is 2.31. The Hall–Kier alpha value is -0.600. The van der Waals surface area contributed by atoms with Crippen molar-refractivity contribution in [2.45, 2.75) is 6.42 Å². The predicted molar refractivity (Wildman–Crippen MR) is 79.3 cm³/mol. The topological polar surface area (TPSA) is 56.5 Å². The lowest BCUT2D eigenvalue weighted by Gasteiger charge is -2.10. The first-order valence-electron chi connectivity index (χ1n) is 5.70. The highest BCUT2D eigenvalue weighted by Crippen LogP contribution is 2.23. The van der Waals surface area contributed by atoms with Crippen LogP contribution in [0.3, 0.4) is 0 Å². The van der Waals surface area contributed by atoms with Gasteiger partial charge in [-0.05, 0) is 35.1 Å². The minimum absolute atomic E-state index is 0.261. The first-order chi connectivity index (χ1) is 8.65. The van der Waals surface area contributed by atoms with Gasteiger partial charge in [0.05, 0.1) is 28.2 Å². The number of ether oxygens (including phenoxy) is 2. The maximum Gasteiger partial charge on any atom is 0.138 e. The molecule has 0 aliphatic rings. The number of benzene rings is 1. The van der Waals surface area contributed by atoms with E-state index < -0.39 is 0 Å². The van der Waals surface area contributed by atoms with Gasteiger partial charge in [0.25, 0.3) is 0 Å². The number of hydrogen-bond acceptors (Lipinski definition) is 4. The van der Waals surface area contributed by atoms with Gasteiger partial charge in [-0.1, -0.05) is 0 Å². The van der Waals surface area contributed by atoms with Gasteiger partial charge in [-0.25, -0.2) is 4.39 Å². The summed E-state index contributed by atoms with van der Waals surface area (Å²) in [4.78, 5) is 0. The van der Waals surface area contributed by atoms with Crippen LogP contribution in [0.15, 0.2) is 12.1 Å². The SMILES string of the molecule is COCCOCCCNc1cc(F)c(I)cc1N. The molecular weight excluding hydrogens is 350 g/mol. The molecule has 0 aromatic heterocycles. The lowest BCUT2D eigenvalue weighted by atomic mass is 10.2. The van der Waals surface area contributed by atoms with Crippen molar-refractivity contribution in [3.05, 3.63) is 21.5 Å². The Morgan fingerprint density at radius 2 is 2.11 bits per heavy atom. The summed E-state index contributed by atoms with van der Waals surface area (Å²) in [6.07, 6.45) is 0.830. The van der Waals surface area contributed by atoms with E-state index in [1.807, 2.05) is 22.6 Å². The van der Waals surface area contributed by atoms with E-state index in [-0.39, 0.29) is 5.82 Å². The molecule has 0 atom stereocenters. The second-order valence-corrected chi connectivity index (χ2v) is 4.90. The van der Waals surface area contributed by atoms with Crippen molar-refractivity contribution >= 4 is 34.0 Å². The quantitative estimate of drug-likeness (QED) is 0.421. The maximum atomic E-state index is 13.3. The summed E-state index contributed by atoms with van der Waals surface area (Å²) in [6.45, 7) is 2.53. The van der Waals surface area contributed by atoms with Crippen LogP contribution in [-0.4, -0.2) is 33.5 Å². The van der Waals surface area contributed by atoms with Crippen LogP contribution < -0.4 is 11.1 Å². The summed E-state index contributed by atoms with van der Waals surface area (Å²) in [5, 5.41) is 3.09. The normalized spacial score (nSPS) is 10.6. The number of nitrogen functional groups attached to an aromatic ring is 1. The fraction of sp³-hybridized carbons (Fsp3) is 0.500. The van der Waals surface area contributed by atoms with Crippen molar-refractivity contribution in [2.24, 2.45) is 0 Å². The summed E-state index contributed by atoms with van der Waals surface area (Å²) in [6, 6.07) is 3.04. The number of nitrogens with one attached hydrogen (secondary N) is 1. The molecule has 4 nitrogen and oxygen atoms in total. The number of anilines is 2. The number of rotatable bonds is 8. The standard InChI is InChI=1S/C12H18FIN2O2/c1-17-5-6-18-4-2-3-16-12-7-9(13)10(14)8-11(12)15/h7-8,16H,2-6,15H2,1H3. The van der Waals surface area contributed by atoms with Crippen LogP contribution in [0.4, 0.5) is 15.8 Å². The Morgan fingerprint density at radius 3 is 2.83 bits per heavy atom. The van der Waals surface area contributed by atoms with Crippen LogP contribution in [0.25, 0.3) is 0 Å². The van der Waals surface area contributed by atoms with Crippen LogP contribution in [0.2, 0.25) is 0 Å². The molecule has 0 spiro atoms. The first kappa shape index (κ1) is 15.5. The minimum atomic E-state index is -0.261. The van der Waals surface area contributed by atoms with Gasteiger partial charge in [0.2, 0.25) is 0 Å². The van der Waals surface area contributed by atoms with Crippen LogP contribution in [-0.2, 0) is 9.47 Å². The third-order valence-corrected chi connectivity index (χ3v) is 3.13. The number of methoxy groups -OCH3 is 1. The Bertz CT molecular complexity index is 377. The van der Waals surface area contributed by atoms with E-state index in [1.54, 1.807) is 13.2 Å². The second kappa shape index (κ2) is 8.49.